The van der Waals surface area contributed by atoms with E-state index in [2.05, 4.69) is 84.9 Å². The minimum absolute atomic E-state index is 0.616. The molecule has 7 aromatic carbocycles. The van der Waals surface area contributed by atoms with E-state index in [-0.39, 0.29) is 0 Å². The molecule has 6 heteroatoms. The van der Waals surface area contributed by atoms with Crippen LogP contribution in [0.5, 0.6) is 0 Å². The lowest BCUT2D eigenvalue weighted by Gasteiger charge is -2.13. The molecule has 10 aromatic rings. The van der Waals surface area contributed by atoms with Crippen molar-refractivity contribution in [3.8, 4) is 45.6 Å². The van der Waals surface area contributed by atoms with Gasteiger partial charge in [-0.3, -0.25) is 0 Å². The van der Waals surface area contributed by atoms with Crippen molar-refractivity contribution >= 4 is 64.2 Å². The van der Waals surface area contributed by atoms with Crippen LogP contribution in [0.4, 0.5) is 0 Å². The van der Waals surface area contributed by atoms with Gasteiger partial charge in [-0.2, -0.15) is 0 Å². The Kier molecular flexibility index (Phi) is 5.98. The maximum absolute atomic E-state index is 6.31. The summed E-state index contributed by atoms with van der Waals surface area (Å²) in [6.07, 6.45) is 0. The molecule has 0 aliphatic carbocycles. The van der Waals surface area contributed by atoms with E-state index in [4.69, 9.17) is 24.4 Å². The van der Waals surface area contributed by atoms with E-state index in [0.29, 0.717) is 23.4 Å². The zero-order chi connectivity index (χ0) is 31.6. The van der Waals surface area contributed by atoms with E-state index in [1.54, 1.807) is 11.3 Å². The lowest BCUT2D eigenvalue weighted by Crippen LogP contribution is -2.01. The maximum atomic E-state index is 6.31. The first-order chi connectivity index (χ1) is 23.8. The van der Waals surface area contributed by atoms with Crippen molar-refractivity contribution in [1.29, 1.82) is 0 Å². The van der Waals surface area contributed by atoms with Crippen LogP contribution >= 0.6 is 11.3 Å². The molecule has 3 heterocycles. The molecule has 0 aliphatic rings. The molecule has 10 rings (SSSR count). The number of aromatic nitrogens is 4. The minimum Gasteiger partial charge on any atom is -0.436 e. The van der Waals surface area contributed by atoms with Crippen LogP contribution in [0.3, 0.4) is 0 Å². The zero-order valence-corrected chi connectivity index (χ0v) is 26.3. The molecule has 48 heavy (non-hydrogen) atoms. The normalized spacial score (nSPS) is 11.8. The largest absolute Gasteiger partial charge is 0.436 e. The Morgan fingerprint density at radius 3 is 1.92 bits per heavy atom. The second kappa shape index (κ2) is 10.7. The van der Waals surface area contributed by atoms with E-state index in [1.807, 2.05) is 60.7 Å². The summed E-state index contributed by atoms with van der Waals surface area (Å²) in [5.41, 5.74) is 5.41. The van der Waals surface area contributed by atoms with Gasteiger partial charge in [-0.1, -0.05) is 109 Å². The molecular weight excluding hydrogens is 609 g/mol. The quantitative estimate of drug-likeness (QED) is 0.181. The Morgan fingerprint density at radius 2 is 1.10 bits per heavy atom. The number of thiophene rings is 1. The van der Waals surface area contributed by atoms with Crippen LogP contribution in [0.25, 0.3) is 98.4 Å². The highest BCUT2D eigenvalue weighted by atomic mass is 32.1. The van der Waals surface area contributed by atoms with Gasteiger partial charge in [0.25, 0.3) is 0 Å². The second-order valence-corrected chi connectivity index (χ2v) is 12.9. The van der Waals surface area contributed by atoms with Crippen molar-refractivity contribution < 1.29 is 4.42 Å². The van der Waals surface area contributed by atoms with Gasteiger partial charge in [0.15, 0.2) is 23.1 Å². The molecule has 0 fully saturated rings. The van der Waals surface area contributed by atoms with E-state index >= 15 is 0 Å². The van der Waals surface area contributed by atoms with Gasteiger partial charge in [-0.05, 0) is 57.9 Å². The summed E-state index contributed by atoms with van der Waals surface area (Å²) in [7, 11) is 0. The van der Waals surface area contributed by atoms with Crippen LogP contribution in [0.15, 0.2) is 150 Å². The molecule has 0 radical (unpaired) electrons. The Balaban J connectivity index is 1.23. The van der Waals surface area contributed by atoms with Gasteiger partial charge >= 0.3 is 0 Å². The Bertz CT molecular complexity index is 2840. The third kappa shape index (κ3) is 4.31. The summed E-state index contributed by atoms with van der Waals surface area (Å²) in [5.74, 6) is 2.52. The van der Waals surface area contributed by atoms with Crippen LogP contribution in [-0.4, -0.2) is 19.9 Å². The monoisotopic (exact) mass is 632 g/mol. The molecule has 0 spiro atoms. The highest BCUT2D eigenvalue weighted by Crippen LogP contribution is 2.42. The minimum atomic E-state index is 0.616. The van der Waals surface area contributed by atoms with Crippen molar-refractivity contribution in [2.45, 2.75) is 0 Å². The summed E-state index contributed by atoms with van der Waals surface area (Å²) in [5, 5.41) is 6.81. The van der Waals surface area contributed by atoms with E-state index in [0.717, 1.165) is 64.3 Å². The molecule has 0 N–H and O–H groups in total. The molecule has 0 bridgehead atoms. The van der Waals surface area contributed by atoms with Gasteiger partial charge in [0.2, 0.25) is 5.89 Å². The topological polar surface area (TPSA) is 64.7 Å². The number of hydrogen-bond acceptors (Lipinski definition) is 6. The SMILES string of the molecule is c1ccc(-c2nc(-c3cc4ccccc4c4ccccc34)nc(-c3cccc4sc5cc6nc(-c7ccccc7)oc6cc5c34)n2)cc1. The van der Waals surface area contributed by atoms with E-state index in [1.165, 1.54) is 10.8 Å². The van der Waals surface area contributed by atoms with Crippen LogP contribution in [-0.2, 0) is 0 Å². The molecule has 0 saturated heterocycles. The number of fused-ring (bicyclic) bond motifs is 7. The van der Waals surface area contributed by atoms with Crippen molar-refractivity contribution in [3.05, 3.63) is 146 Å². The smallest absolute Gasteiger partial charge is 0.227 e. The summed E-state index contributed by atoms with van der Waals surface area (Å²) >= 11 is 1.74. The number of hydrogen-bond donors (Lipinski definition) is 0. The summed E-state index contributed by atoms with van der Waals surface area (Å²) in [6.45, 7) is 0. The molecule has 5 nitrogen and oxygen atoms in total. The summed E-state index contributed by atoms with van der Waals surface area (Å²) in [4.78, 5) is 20.3. The van der Waals surface area contributed by atoms with E-state index < -0.39 is 0 Å². The molecule has 0 amide bonds. The van der Waals surface area contributed by atoms with Gasteiger partial charge in [0.05, 0.1) is 0 Å². The number of nitrogens with zero attached hydrogens (tertiary/aromatic N) is 4. The molecule has 0 aliphatic heterocycles. The van der Waals surface area contributed by atoms with Crippen molar-refractivity contribution in [1.82, 2.24) is 19.9 Å². The predicted octanol–water partition coefficient (Wildman–Crippen LogP) is 11.4. The summed E-state index contributed by atoms with van der Waals surface area (Å²) in [6, 6.07) is 49.9. The number of benzene rings is 7. The molecule has 0 unspecified atom stereocenters. The van der Waals surface area contributed by atoms with Gasteiger partial charge in [0, 0.05) is 42.4 Å². The molecule has 0 atom stereocenters. The molecule has 3 aromatic heterocycles. The average Bonchev–Trinajstić information content (AvgIpc) is 3.74. The fourth-order valence-electron chi connectivity index (χ4n) is 6.71. The highest BCUT2D eigenvalue weighted by Gasteiger charge is 2.20. The zero-order valence-electron chi connectivity index (χ0n) is 25.5. The van der Waals surface area contributed by atoms with Crippen LogP contribution in [0.1, 0.15) is 0 Å². The molecule has 224 valence electrons. The van der Waals surface area contributed by atoms with Crippen LogP contribution < -0.4 is 0 Å². The average molecular weight is 633 g/mol. The van der Waals surface area contributed by atoms with Gasteiger partial charge in [-0.15, -0.1) is 11.3 Å². The van der Waals surface area contributed by atoms with Gasteiger partial charge in [-0.25, -0.2) is 19.9 Å². The third-order valence-electron chi connectivity index (χ3n) is 8.94. The third-order valence-corrected chi connectivity index (χ3v) is 10.1. The second-order valence-electron chi connectivity index (χ2n) is 11.8. The van der Waals surface area contributed by atoms with E-state index in [9.17, 15) is 0 Å². The summed E-state index contributed by atoms with van der Waals surface area (Å²) < 4.78 is 8.59. The maximum Gasteiger partial charge on any atom is 0.227 e. The van der Waals surface area contributed by atoms with Crippen molar-refractivity contribution in [3.63, 3.8) is 0 Å². The lowest BCUT2D eigenvalue weighted by atomic mass is 9.96. The van der Waals surface area contributed by atoms with Crippen LogP contribution in [0, 0.1) is 0 Å². The fraction of sp³-hybridized carbons (Fsp3) is 0. The fourth-order valence-corrected chi connectivity index (χ4v) is 7.86. The standard InChI is InChI=1S/C42H24N4OS/c1-3-12-25(13-4-1)39-44-40(46-41(45-39)32-22-27-16-7-8-17-28(27)29-18-9-10-19-30(29)32)31-20-11-21-36-38(31)33-23-35-34(24-37(33)48-36)43-42(47-35)26-14-5-2-6-15-26/h1-24H. The highest BCUT2D eigenvalue weighted by molar-refractivity contribution is 7.26. The number of rotatable bonds is 4. The van der Waals surface area contributed by atoms with Gasteiger partial charge < -0.3 is 4.42 Å². The Hall–Kier alpha value is -6.24. The van der Waals surface area contributed by atoms with Crippen LogP contribution in [0.2, 0.25) is 0 Å². The first kappa shape index (κ1) is 26.9. The van der Waals surface area contributed by atoms with Crippen molar-refractivity contribution in [2.24, 2.45) is 0 Å². The number of oxazole rings is 1. The Morgan fingerprint density at radius 1 is 0.438 bits per heavy atom. The molecule has 0 saturated carbocycles. The Labute approximate surface area is 278 Å². The van der Waals surface area contributed by atoms with Crippen molar-refractivity contribution in [2.75, 3.05) is 0 Å². The first-order valence-electron chi connectivity index (χ1n) is 15.8. The lowest BCUT2D eigenvalue weighted by molar-refractivity contribution is 0.620. The first-order valence-corrected chi connectivity index (χ1v) is 16.6. The predicted molar refractivity (Wildman–Crippen MR) is 197 cm³/mol. The molecular formula is C42H24N4OS. The van der Waals surface area contributed by atoms with Gasteiger partial charge in [0.1, 0.15) is 5.52 Å².